The SMILES string of the molecule is CCNCc1nnnn1C1CCCS(=O)(=O)C1. The van der Waals surface area contributed by atoms with Crippen LogP contribution in [0, 0.1) is 0 Å². The summed E-state index contributed by atoms with van der Waals surface area (Å²) in [6.45, 7) is 3.40. The monoisotopic (exact) mass is 259 g/mol. The third-order valence-electron chi connectivity index (χ3n) is 2.88. The van der Waals surface area contributed by atoms with Crippen molar-refractivity contribution in [2.45, 2.75) is 32.4 Å². The van der Waals surface area contributed by atoms with Crippen LogP contribution in [0.5, 0.6) is 0 Å². The Bertz CT molecular complexity index is 469. The number of hydrogen-bond acceptors (Lipinski definition) is 6. The van der Waals surface area contributed by atoms with Crippen LogP contribution in [0.4, 0.5) is 0 Å². The van der Waals surface area contributed by atoms with E-state index in [1.54, 1.807) is 4.68 Å². The molecule has 1 saturated heterocycles. The van der Waals surface area contributed by atoms with Gasteiger partial charge in [-0.3, -0.25) is 0 Å². The third kappa shape index (κ3) is 3.01. The maximum Gasteiger partial charge on any atom is 0.165 e. The van der Waals surface area contributed by atoms with Gasteiger partial charge in [0.05, 0.1) is 24.1 Å². The smallest absolute Gasteiger partial charge is 0.165 e. The summed E-state index contributed by atoms with van der Waals surface area (Å²) < 4.78 is 24.8. The Morgan fingerprint density at radius 1 is 1.53 bits per heavy atom. The zero-order valence-corrected chi connectivity index (χ0v) is 10.7. The van der Waals surface area contributed by atoms with Crippen LogP contribution in [-0.4, -0.2) is 46.7 Å². The van der Waals surface area contributed by atoms with E-state index in [1.165, 1.54) is 0 Å². The minimum Gasteiger partial charge on any atom is -0.310 e. The number of nitrogens with one attached hydrogen (secondary N) is 1. The lowest BCUT2D eigenvalue weighted by atomic mass is 10.2. The molecule has 0 amide bonds. The van der Waals surface area contributed by atoms with E-state index in [4.69, 9.17) is 0 Å². The quantitative estimate of drug-likeness (QED) is 0.786. The molecule has 96 valence electrons. The van der Waals surface area contributed by atoms with Crippen molar-refractivity contribution >= 4 is 9.84 Å². The van der Waals surface area contributed by atoms with E-state index in [9.17, 15) is 8.42 Å². The minimum atomic E-state index is -2.93. The Hall–Kier alpha value is -1.02. The summed E-state index contributed by atoms with van der Waals surface area (Å²) in [5, 5.41) is 14.6. The van der Waals surface area contributed by atoms with Gasteiger partial charge in [0, 0.05) is 0 Å². The van der Waals surface area contributed by atoms with Gasteiger partial charge in [-0.15, -0.1) is 5.10 Å². The van der Waals surface area contributed by atoms with Crippen LogP contribution in [0.1, 0.15) is 31.6 Å². The second-order valence-corrected chi connectivity index (χ2v) is 6.46. The molecule has 1 aromatic heterocycles. The van der Waals surface area contributed by atoms with Gasteiger partial charge in [0.1, 0.15) is 0 Å². The van der Waals surface area contributed by atoms with Gasteiger partial charge in [-0.2, -0.15) is 0 Å². The van der Waals surface area contributed by atoms with Crippen molar-refractivity contribution in [1.29, 1.82) is 0 Å². The van der Waals surface area contributed by atoms with Crippen LogP contribution in [0.2, 0.25) is 0 Å². The molecular formula is C9H17N5O2S. The fourth-order valence-corrected chi connectivity index (χ4v) is 3.71. The fraction of sp³-hybridized carbons (Fsp3) is 0.889. The summed E-state index contributed by atoms with van der Waals surface area (Å²) in [6.07, 6.45) is 1.51. The highest BCUT2D eigenvalue weighted by Gasteiger charge is 2.28. The Balaban J connectivity index is 2.13. The number of tetrazole rings is 1. The molecule has 1 atom stereocenters. The largest absolute Gasteiger partial charge is 0.310 e. The van der Waals surface area contributed by atoms with Crippen molar-refractivity contribution in [3.63, 3.8) is 0 Å². The molecule has 17 heavy (non-hydrogen) atoms. The van der Waals surface area contributed by atoms with Gasteiger partial charge in [-0.05, 0) is 29.8 Å². The maximum atomic E-state index is 11.6. The van der Waals surface area contributed by atoms with Crippen molar-refractivity contribution in [2.75, 3.05) is 18.1 Å². The lowest BCUT2D eigenvalue weighted by Crippen LogP contribution is -2.30. The second-order valence-electron chi connectivity index (χ2n) is 4.23. The molecule has 1 fully saturated rings. The van der Waals surface area contributed by atoms with Crippen molar-refractivity contribution in [3.05, 3.63) is 5.82 Å². The highest BCUT2D eigenvalue weighted by molar-refractivity contribution is 7.91. The molecule has 2 heterocycles. The van der Waals surface area contributed by atoms with Crippen LogP contribution in [0.3, 0.4) is 0 Å². The number of nitrogens with zero attached hydrogens (tertiary/aromatic N) is 4. The number of aromatic nitrogens is 4. The van der Waals surface area contributed by atoms with Crippen molar-refractivity contribution < 1.29 is 8.42 Å². The van der Waals surface area contributed by atoms with Gasteiger partial charge < -0.3 is 5.32 Å². The highest BCUT2D eigenvalue weighted by Crippen LogP contribution is 2.22. The second kappa shape index (κ2) is 5.09. The molecule has 0 aliphatic carbocycles. The molecule has 1 N–H and O–H groups in total. The normalized spacial score (nSPS) is 23.7. The van der Waals surface area contributed by atoms with Crippen LogP contribution in [0.15, 0.2) is 0 Å². The molecule has 2 rings (SSSR count). The molecule has 1 aromatic rings. The van der Waals surface area contributed by atoms with Gasteiger partial charge in [0.15, 0.2) is 15.7 Å². The Kier molecular flexibility index (Phi) is 3.72. The average Bonchev–Trinajstić information content (AvgIpc) is 2.73. The van der Waals surface area contributed by atoms with E-state index >= 15 is 0 Å². The summed E-state index contributed by atoms with van der Waals surface area (Å²) in [5.74, 6) is 1.14. The number of sulfone groups is 1. The van der Waals surface area contributed by atoms with E-state index in [0.29, 0.717) is 18.8 Å². The predicted molar refractivity (Wildman–Crippen MR) is 62.1 cm³/mol. The van der Waals surface area contributed by atoms with Crippen LogP contribution >= 0.6 is 0 Å². The van der Waals surface area contributed by atoms with Crippen LogP contribution in [-0.2, 0) is 16.4 Å². The third-order valence-corrected chi connectivity index (χ3v) is 4.68. The molecule has 0 aromatic carbocycles. The predicted octanol–water partition coefficient (Wildman–Crippen LogP) is -0.468. The van der Waals surface area contributed by atoms with Crippen LogP contribution < -0.4 is 5.32 Å². The number of rotatable bonds is 4. The summed E-state index contributed by atoms with van der Waals surface area (Å²) in [7, 11) is -2.93. The Morgan fingerprint density at radius 2 is 2.35 bits per heavy atom. The summed E-state index contributed by atoms with van der Waals surface area (Å²) in [6, 6.07) is -0.114. The van der Waals surface area contributed by atoms with Crippen LogP contribution in [0.25, 0.3) is 0 Å². The van der Waals surface area contributed by atoms with E-state index < -0.39 is 9.84 Å². The first-order chi connectivity index (χ1) is 8.12. The Labute approximate surface area is 101 Å². The molecule has 0 bridgehead atoms. The first-order valence-corrected chi connectivity index (χ1v) is 7.62. The highest BCUT2D eigenvalue weighted by atomic mass is 32.2. The molecular weight excluding hydrogens is 242 g/mol. The molecule has 0 saturated carbocycles. The first-order valence-electron chi connectivity index (χ1n) is 5.80. The molecule has 0 radical (unpaired) electrons. The summed E-state index contributed by atoms with van der Waals surface area (Å²) >= 11 is 0. The fourth-order valence-electron chi connectivity index (χ4n) is 2.04. The summed E-state index contributed by atoms with van der Waals surface area (Å²) in [5.41, 5.74) is 0. The zero-order chi connectivity index (χ0) is 12.3. The molecule has 0 spiro atoms. The summed E-state index contributed by atoms with van der Waals surface area (Å²) in [4.78, 5) is 0. The molecule has 1 aliphatic rings. The van der Waals surface area contributed by atoms with Gasteiger partial charge >= 0.3 is 0 Å². The van der Waals surface area contributed by atoms with Crippen molar-refractivity contribution in [3.8, 4) is 0 Å². The van der Waals surface area contributed by atoms with Crippen molar-refractivity contribution in [2.24, 2.45) is 0 Å². The van der Waals surface area contributed by atoms with Gasteiger partial charge in [-0.25, -0.2) is 13.1 Å². The lowest BCUT2D eigenvalue weighted by Gasteiger charge is -2.22. The lowest BCUT2D eigenvalue weighted by molar-refractivity contribution is 0.409. The van der Waals surface area contributed by atoms with Gasteiger partial charge in [-0.1, -0.05) is 6.92 Å². The van der Waals surface area contributed by atoms with E-state index in [1.807, 2.05) is 6.92 Å². The van der Waals surface area contributed by atoms with E-state index in [2.05, 4.69) is 20.8 Å². The Morgan fingerprint density at radius 3 is 3.06 bits per heavy atom. The van der Waals surface area contributed by atoms with Gasteiger partial charge in [0.25, 0.3) is 0 Å². The maximum absolute atomic E-state index is 11.6. The van der Waals surface area contributed by atoms with E-state index in [-0.39, 0.29) is 17.5 Å². The van der Waals surface area contributed by atoms with E-state index in [0.717, 1.165) is 13.0 Å². The average molecular weight is 259 g/mol. The number of hydrogen-bond donors (Lipinski definition) is 1. The van der Waals surface area contributed by atoms with Gasteiger partial charge in [0.2, 0.25) is 0 Å². The van der Waals surface area contributed by atoms with Crippen molar-refractivity contribution in [1.82, 2.24) is 25.5 Å². The minimum absolute atomic E-state index is 0.114. The molecule has 1 aliphatic heterocycles. The first kappa shape index (κ1) is 12.4. The topological polar surface area (TPSA) is 89.8 Å². The molecule has 7 nitrogen and oxygen atoms in total. The zero-order valence-electron chi connectivity index (χ0n) is 9.83. The standard InChI is InChI=1S/C9H17N5O2S/c1-2-10-6-9-11-12-13-14(9)8-4-3-5-17(15,16)7-8/h8,10H,2-7H2,1H3. The molecule has 1 unspecified atom stereocenters. The molecule has 8 heteroatoms.